The minimum atomic E-state index is -0.412. The number of anilines is 1. The molecular formula is C35H45N5O. The van der Waals surface area contributed by atoms with E-state index in [2.05, 4.69) is 132 Å². The fraction of sp³-hybridized carbons (Fsp3) is 0.429. The highest BCUT2D eigenvalue weighted by Gasteiger charge is 2.32. The molecule has 0 N–H and O–H groups in total. The van der Waals surface area contributed by atoms with Gasteiger partial charge in [-0.2, -0.15) is 0 Å². The Morgan fingerprint density at radius 1 is 0.854 bits per heavy atom. The van der Waals surface area contributed by atoms with Crippen LogP contribution in [0.5, 0.6) is 11.5 Å². The van der Waals surface area contributed by atoms with Gasteiger partial charge >= 0.3 is 0 Å². The standard InChI is InChI=1S/C35H45N5O/c1-23(2)32-33(24(3)4)40-30(35(8,9)29-18-25(14-15-36-29)34(5,6)7)20-28(21-31(40)37-32)41-27-13-11-12-26(19-27)39-17-16-38(10)22-39/h11-21,23-24H,22H2,1-10H3. The van der Waals surface area contributed by atoms with E-state index in [1.807, 2.05) is 18.3 Å². The number of aromatic nitrogens is 3. The molecule has 0 saturated heterocycles. The lowest BCUT2D eigenvalue weighted by Gasteiger charge is -2.29. The summed E-state index contributed by atoms with van der Waals surface area (Å²) in [5.74, 6) is 2.18. The van der Waals surface area contributed by atoms with Gasteiger partial charge in [-0.15, -0.1) is 0 Å². The van der Waals surface area contributed by atoms with Gasteiger partial charge in [-0.05, 0) is 60.9 Å². The molecule has 1 aromatic carbocycles. The predicted octanol–water partition coefficient (Wildman–Crippen LogP) is 8.57. The summed E-state index contributed by atoms with van der Waals surface area (Å²) in [5, 5.41) is 0. The van der Waals surface area contributed by atoms with E-state index in [0.29, 0.717) is 11.8 Å². The third-order valence-corrected chi connectivity index (χ3v) is 8.02. The van der Waals surface area contributed by atoms with E-state index in [1.54, 1.807) is 0 Å². The van der Waals surface area contributed by atoms with Gasteiger partial charge in [0.25, 0.3) is 0 Å². The highest BCUT2D eigenvalue weighted by Crippen LogP contribution is 2.39. The number of benzene rings is 1. The quantitative estimate of drug-likeness (QED) is 0.230. The summed E-state index contributed by atoms with van der Waals surface area (Å²) in [6.07, 6.45) is 6.12. The summed E-state index contributed by atoms with van der Waals surface area (Å²) in [7, 11) is 2.07. The van der Waals surface area contributed by atoms with Crippen molar-refractivity contribution in [2.24, 2.45) is 0 Å². The molecule has 0 amide bonds. The van der Waals surface area contributed by atoms with Crippen LogP contribution >= 0.6 is 0 Å². The van der Waals surface area contributed by atoms with Crippen LogP contribution in [0.1, 0.15) is 102 Å². The van der Waals surface area contributed by atoms with Crippen molar-refractivity contribution in [3.8, 4) is 11.5 Å². The molecule has 0 atom stereocenters. The zero-order valence-electron chi connectivity index (χ0n) is 26.4. The Balaban J connectivity index is 1.67. The molecule has 216 valence electrons. The molecule has 6 heteroatoms. The normalized spacial score (nSPS) is 14.2. The van der Waals surface area contributed by atoms with Crippen LogP contribution in [0.4, 0.5) is 5.69 Å². The number of hydrogen-bond acceptors (Lipinski definition) is 5. The predicted molar refractivity (Wildman–Crippen MR) is 169 cm³/mol. The molecule has 0 radical (unpaired) electrons. The van der Waals surface area contributed by atoms with Crippen LogP contribution < -0.4 is 9.64 Å². The molecule has 4 heterocycles. The zero-order valence-corrected chi connectivity index (χ0v) is 26.4. The van der Waals surface area contributed by atoms with E-state index in [1.165, 1.54) is 11.3 Å². The number of pyridine rings is 2. The van der Waals surface area contributed by atoms with Crippen LogP contribution in [0.3, 0.4) is 0 Å². The second kappa shape index (κ2) is 10.6. The van der Waals surface area contributed by atoms with Gasteiger partial charge in [-0.25, -0.2) is 4.98 Å². The fourth-order valence-electron chi connectivity index (χ4n) is 5.61. The molecular weight excluding hydrogens is 506 g/mol. The molecule has 0 spiro atoms. The Bertz CT molecular complexity index is 1590. The SMILES string of the molecule is CC(C)c1nc2cc(Oc3cccc(N4C=CN(C)C4)c3)cc(C(C)(C)c3cc(C(C)(C)C)ccn3)n2c1C(C)C. The number of fused-ring (bicyclic) bond motifs is 1. The Labute approximate surface area is 245 Å². The number of nitrogens with zero attached hydrogens (tertiary/aromatic N) is 5. The van der Waals surface area contributed by atoms with E-state index in [9.17, 15) is 0 Å². The fourth-order valence-corrected chi connectivity index (χ4v) is 5.61. The van der Waals surface area contributed by atoms with E-state index in [0.717, 1.165) is 46.6 Å². The summed E-state index contributed by atoms with van der Waals surface area (Å²) < 4.78 is 8.96. The number of imidazole rings is 1. The van der Waals surface area contributed by atoms with E-state index < -0.39 is 5.41 Å². The lowest BCUT2D eigenvalue weighted by atomic mass is 9.80. The van der Waals surface area contributed by atoms with Crippen molar-refractivity contribution in [3.05, 3.63) is 95.5 Å². The van der Waals surface area contributed by atoms with Crippen LogP contribution in [0.25, 0.3) is 5.65 Å². The number of hydrogen-bond donors (Lipinski definition) is 0. The average molecular weight is 552 g/mol. The lowest BCUT2D eigenvalue weighted by Crippen LogP contribution is -2.26. The second-order valence-electron chi connectivity index (χ2n) is 13.5. The minimum absolute atomic E-state index is 0.0291. The Hall–Kier alpha value is -3.80. The van der Waals surface area contributed by atoms with Gasteiger partial charge in [0, 0.05) is 66.3 Å². The topological polar surface area (TPSA) is 45.9 Å². The second-order valence-corrected chi connectivity index (χ2v) is 13.5. The van der Waals surface area contributed by atoms with E-state index in [4.69, 9.17) is 14.7 Å². The monoisotopic (exact) mass is 551 g/mol. The van der Waals surface area contributed by atoms with E-state index in [-0.39, 0.29) is 5.41 Å². The molecule has 3 aromatic heterocycles. The summed E-state index contributed by atoms with van der Waals surface area (Å²) in [6.45, 7) is 21.0. The molecule has 5 rings (SSSR count). The van der Waals surface area contributed by atoms with Gasteiger partial charge in [0.1, 0.15) is 17.1 Å². The largest absolute Gasteiger partial charge is 0.457 e. The maximum absolute atomic E-state index is 6.60. The number of ether oxygens (including phenoxy) is 1. The Morgan fingerprint density at radius 2 is 1.61 bits per heavy atom. The van der Waals surface area contributed by atoms with Gasteiger partial charge in [0.15, 0.2) is 0 Å². The summed E-state index contributed by atoms with van der Waals surface area (Å²) >= 11 is 0. The maximum atomic E-state index is 6.60. The van der Waals surface area contributed by atoms with Crippen LogP contribution in [0.2, 0.25) is 0 Å². The van der Waals surface area contributed by atoms with Crippen LogP contribution in [0.15, 0.2) is 67.1 Å². The van der Waals surface area contributed by atoms with Crippen molar-refractivity contribution in [2.75, 3.05) is 18.6 Å². The van der Waals surface area contributed by atoms with Gasteiger partial charge < -0.3 is 14.5 Å². The van der Waals surface area contributed by atoms with Crippen molar-refractivity contribution in [3.63, 3.8) is 0 Å². The first-order valence-electron chi connectivity index (χ1n) is 14.7. The minimum Gasteiger partial charge on any atom is -0.457 e. The van der Waals surface area contributed by atoms with Crippen LogP contribution in [-0.4, -0.2) is 33.0 Å². The Kier molecular flexibility index (Phi) is 7.39. The van der Waals surface area contributed by atoms with Crippen molar-refractivity contribution in [1.82, 2.24) is 19.3 Å². The third kappa shape index (κ3) is 5.57. The molecule has 6 nitrogen and oxygen atoms in total. The molecule has 41 heavy (non-hydrogen) atoms. The smallest absolute Gasteiger partial charge is 0.141 e. The summed E-state index contributed by atoms with van der Waals surface area (Å²) in [5.41, 5.74) is 7.43. The molecule has 1 aliphatic heterocycles. The first kappa shape index (κ1) is 28.7. The summed E-state index contributed by atoms with van der Waals surface area (Å²) in [4.78, 5) is 14.5. The molecule has 0 fully saturated rings. The third-order valence-electron chi connectivity index (χ3n) is 8.02. The first-order valence-corrected chi connectivity index (χ1v) is 14.7. The molecule has 0 bridgehead atoms. The molecule has 0 unspecified atom stereocenters. The molecule has 4 aromatic rings. The van der Waals surface area contributed by atoms with Crippen LogP contribution in [-0.2, 0) is 10.8 Å². The van der Waals surface area contributed by atoms with Gasteiger partial charge in [-0.3, -0.25) is 9.38 Å². The highest BCUT2D eigenvalue weighted by atomic mass is 16.5. The van der Waals surface area contributed by atoms with Gasteiger partial charge in [0.2, 0.25) is 0 Å². The van der Waals surface area contributed by atoms with Crippen molar-refractivity contribution in [2.45, 2.75) is 85.0 Å². The van der Waals surface area contributed by atoms with Gasteiger partial charge in [0.05, 0.1) is 18.1 Å². The van der Waals surface area contributed by atoms with Gasteiger partial charge in [-0.1, -0.05) is 54.5 Å². The first-order chi connectivity index (χ1) is 19.3. The zero-order chi connectivity index (χ0) is 29.7. The van der Waals surface area contributed by atoms with Crippen LogP contribution in [0, 0.1) is 0 Å². The average Bonchev–Trinajstić information content (AvgIpc) is 3.52. The summed E-state index contributed by atoms with van der Waals surface area (Å²) in [6, 6.07) is 16.9. The highest BCUT2D eigenvalue weighted by molar-refractivity contribution is 5.57. The van der Waals surface area contributed by atoms with E-state index >= 15 is 0 Å². The van der Waals surface area contributed by atoms with Crippen molar-refractivity contribution >= 4 is 11.3 Å². The van der Waals surface area contributed by atoms with Crippen molar-refractivity contribution < 1.29 is 4.74 Å². The lowest BCUT2D eigenvalue weighted by molar-refractivity contribution is 0.475. The molecule has 0 saturated carbocycles. The Morgan fingerprint density at radius 3 is 2.24 bits per heavy atom. The molecule has 1 aliphatic rings. The maximum Gasteiger partial charge on any atom is 0.141 e. The molecule has 0 aliphatic carbocycles. The van der Waals surface area contributed by atoms with Crippen molar-refractivity contribution in [1.29, 1.82) is 0 Å². The number of rotatable bonds is 7.